The zero-order valence-electron chi connectivity index (χ0n) is 17.6. The first kappa shape index (κ1) is 22.5. The Balaban J connectivity index is 1.69. The van der Waals surface area contributed by atoms with Crippen LogP contribution in [0.4, 0.5) is 0 Å². The summed E-state index contributed by atoms with van der Waals surface area (Å²) in [6.45, 7) is 11.7. The molecular weight excluding hydrogens is 356 g/mol. The van der Waals surface area contributed by atoms with Crippen LogP contribution in [0.5, 0.6) is 11.5 Å². The van der Waals surface area contributed by atoms with Gasteiger partial charge in [-0.05, 0) is 37.8 Å². The van der Waals surface area contributed by atoms with E-state index in [0.29, 0.717) is 44.6 Å². The molecule has 1 atom stereocenters. The van der Waals surface area contributed by atoms with E-state index >= 15 is 0 Å². The van der Waals surface area contributed by atoms with E-state index in [1.807, 2.05) is 31.2 Å². The third kappa shape index (κ3) is 8.07. The molecule has 1 saturated heterocycles. The highest BCUT2D eigenvalue weighted by Gasteiger charge is 2.22. The monoisotopic (exact) mass is 392 g/mol. The summed E-state index contributed by atoms with van der Waals surface area (Å²) in [5.74, 6) is 2.16. The lowest BCUT2D eigenvalue weighted by atomic mass is 10.0. The van der Waals surface area contributed by atoms with Gasteiger partial charge in [0.15, 0.2) is 11.5 Å². The molecule has 1 amide bonds. The van der Waals surface area contributed by atoms with Crippen molar-refractivity contribution in [3.8, 4) is 11.5 Å². The van der Waals surface area contributed by atoms with Crippen LogP contribution in [0.25, 0.3) is 0 Å². The number of ether oxygens (including phenoxy) is 3. The number of amides is 1. The summed E-state index contributed by atoms with van der Waals surface area (Å²) >= 11 is 0. The third-order valence-electron chi connectivity index (χ3n) is 4.80. The van der Waals surface area contributed by atoms with Crippen molar-refractivity contribution in [3.63, 3.8) is 0 Å². The van der Waals surface area contributed by atoms with Gasteiger partial charge in [0.2, 0.25) is 5.91 Å². The van der Waals surface area contributed by atoms with Crippen molar-refractivity contribution >= 4 is 5.91 Å². The average molecular weight is 393 g/mol. The number of nitrogens with zero attached hydrogens (tertiary/aromatic N) is 1. The zero-order valence-corrected chi connectivity index (χ0v) is 17.6. The molecule has 0 spiro atoms. The highest BCUT2D eigenvalue weighted by molar-refractivity contribution is 5.75. The molecule has 2 rings (SSSR count). The number of nitrogens with one attached hydrogen (secondary N) is 1. The molecule has 158 valence electrons. The molecule has 1 fully saturated rings. The molecule has 1 aliphatic heterocycles. The Hall–Kier alpha value is -1.79. The van der Waals surface area contributed by atoms with Gasteiger partial charge in [0.05, 0.1) is 26.4 Å². The number of hydrogen-bond donors (Lipinski definition) is 1. The number of carbonyl (C=O) groups is 1. The van der Waals surface area contributed by atoms with Crippen LogP contribution < -0.4 is 14.8 Å². The molecule has 0 aliphatic carbocycles. The molecule has 0 bridgehead atoms. The maximum absolute atomic E-state index is 12.3. The molecule has 1 unspecified atom stereocenters. The summed E-state index contributed by atoms with van der Waals surface area (Å²) in [4.78, 5) is 14.7. The van der Waals surface area contributed by atoms with E-state index in [4.69, 9.17) is 14.2 Å². The maximum atomic E-state index is 12.3. The second-order valence-corrected chi connectivity index (χ2v) is 7.57. The van der Waals surface area contributed by atoms with Crippen LogP contribution in [0.15, 0.2) is 24.3 Å². The predicted octanol–water partition coefficient (Wildman–Crippen LogP) is 3.11. The molecule has 0 aromatic heterocycles. The quantitative estimate of drug-likeness (QED) is 0.554. The van der Waals surface area contributed by atoms with Gasteiger partial charge in [-0.2, -0.15) is 0 Å². The van der Waals surface area contributed by atoms with Gasteiger partial charge in [0, 0.05) is 32.1 Å². The fourth-order valence-corrected chi connectivity index (χ4v) is 3.43. The van der Waals surface area contributed by atoms with E-state index in [-0.39, 0.29) is 5.91 Å². The molecule has 0 saturated carbocycles. The van der Waals surface area contributed by atoms with Crippen molar-refractivity contribution in [2.75, 3.05) is 46.1 Å². The van der Waals surface area contributed by atoms with Crippen molar-refractivity contribution in [1.29, 1.82) is 0 Å². The van der Waals surface area contributed by atoms with Gasteiger partial charge in [-0.25, -0.2) is 0 Å². The van der Waals surface area contributed by atoms with E-state index in [1.165, 1.54) is 0 Å². The molecule has 6 heteroatoms. The third-order valence-corrected chi connectivity index (χ3v) is 4.80. The van der Waals surface area contributed by atoms with Gasteiger partial charge in [-0.3, -0.25) is 9.69 Å². The lowest BCUT2D eigenvalue weighted by Gasteiger charge is -2.35. The van der Waals surface area contributed by atoms with E-state index in [9.17, 15) is 4.79 Å². The van der Waals surface area contributed by atoms with Gasteiger partial charge >= 0.3 is 0 Å². The Kier molecular flexibility index (Phi) is 10.1. The number of carbonyl (C=O) groups excluding carboxylic acids is 1. The van der Waals surface area contributed by atoms with E-state index < -0.39 is 0 Å². The molecule has 1 aromatic rings. The van der Waals surface area contributed by atoms with Crippen LogP contribution in [-0.4, -0.2) is 62.9 Å². The molecular formula is C22H36N2O4. The topological polar surface area (TPSA) is 60.0 Å². The first-order valence-corrected chi connectivity index (χ1v) is 10.5. The Bertz CT molecular complexity index is 573. The van der Waals surface area contributed by atoms with Crippen LogP contribution in [0.2, 0.25) is 0 Å². The van der Waals surface area contributed by atoms with Gasteiger partial charge in [0.25, 0.3) is 0 Å². The SMILES string of the molecule is CCOc1ccccc1OCCCC(=O)NCC(CC(C)C)N1CCOCC1. The summed E-state index contributed by atoms with van der Waals surface area (Å²) in [5, 5.41) is 3.11. The normalized spacial score (nSPS) is 16.0. The highest BCUT2D eigenvalue weighted by Crippen LogP contribution is 2.26. The minimum Gasteiger partial charge on any atom is -0.490 e. The van der Waals surface area contributed by atoms with E-state index in [0.717, 1.165) is 44.2 Å². The van der Waals surface area contributed by atoms with Gasteiger partial charge in [-0.1, -0.05) is 26.0 Å². The van der Waals surface area contributed by atoms with Crippen LogP contribution in [-0.2, 0) is 9.53 Å². The van der Waals surface area contributed by atoms with Crippen LogP contribution in [0.1, 0.15) is 40.0 Å². The summed E-state index contributed by atoms with van der Waals surface area (Å²) in [6.07, 6.45) is 2.23. The number of para-hydroxylation sites is 2. The summed E-state index contributed by atoms with van der Waals surface area (Å²) in [5.41, 5.74) is 0. The predicted molar refractivity (Wildman–Crippen MR) is 111 cm³/mol. The Morgan fingerprint density at radius 1 is 1.18 bits per heavy atom. The zero-order chi connectivity index (χ0) is 20.2. The molecule has 1 aromatic carbocycles. The molecule has 1 aliphatic rings. The Morgan fingerprint density at radius 2 is 1.86 bits per heavy atom. The minimum absolute atomic E-state index is 0.0868. The van der Waals surface area contributed by atoms with Crippen molar-refractivity contribution in [3.05, 3.63) is 24.3 Å². The molecule has 1 N–H and O–H groups in total. The second-order valence-electron chi connectivity index (χ2n) is 7.57. The number of morpholine rings is 1. The van der Waals surface area contributed by atoms with E-state index in [1.54, 1.807) is 0 Å². The molecule has 6 nitrogen and oxygen atoms in total. The van der Waals surface area contributed by atoms with Gasteiger partial charge in [-0.15, -0.1) is 0 Å². The number of hydrogen-bond acceptors (Lipinski definition) is 5. The first-order valence-electron chi connectivity index (χ1n) is 10.5. The number of rotatable bonds is 12. The largest absolute Gasteiger partial charge is 0.490 e. The molecule has 0 radical (unpaired) electrons. The Labute approximate surface area is 169 Å². The fraction of sp³-hybridized carbons (Fsp3) is 0.682. The van der Waals surface area contributed by atoms with E-state index in [2.05, 4.69) is 24.1 Å². The van der Waals surface area contributed by atoms with Crippen molar-refractivity contribution in [1.82, 2.24) is 10.2 Å². The van der Waals surface area contributed by atoms with Gasteiger partial charge < -0.3 is 19.5 Å². The van der Waals surface area contributed by atoms with Crippen molar-refractivity contribution in [2.45, 2.75) is 46.1 Å². The van der Waals surface area contributed by atoms with Crippen LogP contribution in [0, 0.1) is 5.92 Å². The van der Waals surface area contributed by atoms with Crippen molar-refractivity contribution < 1.29 is 19.0 Å². The summed E-state index contributed by atoms with van der Waals surface area (Å²) in [7, 11) is 0. The molecule has 28 heavy (non-hydrogen) atoms. The fourth-order valence-electron chi connectivity index (χ4n) is 3.43. The lowest BCUT2D eigenvalue weighted by molar-refractivity contribution is -0.121. The van der Waals surface area contributed by atoms with Crippen LogP contribution >= 0.6 is 0 Å². The first-order chi connectivity index (χ1) is 13.6. The number of benzene rings is 1. The second kappa shape index (κ2) is 12.6. The maximum Gasteiger partial charge on any atom is 0.220 e. The lowest BCUT2D eigenvalue weighted by Crippen LogP contribution is -2.49. The minimum atomic E-state index is 0.0868. The summed E-state index contributed by atoms with van der Waals surface area (Å²) in [6, 6.07) is 8.01. The average Bonchev–Trinajstić information content (AvgIpc) is 2.70. The highest BCUT2D eigenvalue weighted by atomic mass is 16.5. The van der Waals surface area contributed by atoms with Gasteiger partial charge in [0.1, 0.15) is 0 Å². The smallest absolute Gasteiger partial charge is 0.220 e. The Morgan fingerprint density at radius 3 is 2.50 bits per heavy atom. The standard InChI is InChI=1S/C22H36N2O4/c1-4-27-20-8-5-6-9-21(20)28-13-7-10-22(25)23-17-19(16-18(2)3)24-11-14-26-15-12-24/h5-6,8-9,18-19H,4,7,10-17H2,1-3H3,(H,23,25). The molecule has 1 heterocycles. The van der Waals surface area contributed by atoms with Crippen LogP contribution in [0.3, 0.4) is 0 Å². The van der Waals surface area contributed by atoms with Crippen molar-refractivity contribution in [2.24, 2.45) is 5.92 Å². The summed E-state index contributed by atoms with van der Waals surface area (Å²) < 4.78 is 16.8.